The molecule has 2 aliphatic carbocycles. The molecule has 1 aromatic heterocycles. The number of carbonyl (C=O) groups is 2. The van der Waals surface area contributed by atoms with Gasteiger partial charge in [0.25, 0.3) is 0 Å². The summed E-state index contributed by atoms with van der Waals surface area (Å²) in [6, 6.07) is 16.2. The van der Waals surface area contributed by atoms with Gasteiger partial charge in [0.2, 0.25) is 6.29 Å². The minimum absolute atomic E-state index is 0.0449. The van der Waals surface area contributed by atoms with E-state index in [1.165, 1.54) is 4.90 Å². The molecule has 0 aliphatic heterocycles. The van der Waals surface area contributed by atoms with Gasteiger partial charge in [0.15, 0.2) is 0 Å². The van der Waals surface area contributed by atoms with Crippen LogP contribution in [0.25, 0.3) is 10.8 Å². The molecule has 5 atom stereocenters. The number of nitrogens with zero attached hydrogens (tertiary/aromatic N) is 1. The first-order valence-electron chi connectivity index (χ1n) is 12.1. The second-order valence-electron chi connectivity index (χ2n) is 10.0. The lowest BCUT2D eigenvalue weighted by Gasteiger charge is -2.31. The quantitative estimate of drug-likeness (QED) is 0.254. The van der Waals surface area contributed by atoms with Crippen molar-refractivity contribution in [3.63, 3.8) is 0 Å². The van der Waals surface area contributed by atoms with E-state index in [2.05, 4.69) is 30.5 Å². The highest BCUT2D eigenvalue weighted by atomic mass is 32.1. The summed E-state index contributed by atoms with van der Waals surface area (Å²) in [6.07, 6.45) is 0.895. The van der Waals surface area contributed by atoms with E-state index in [0.29, 0.717) is 24.3 Å². The molecule has 2 aromatic carbocycles. The first kappa shape index (κ1) is 23.7. The Hall–Kier alpha value is -3.06. The third-order valence-electron chi connectivity index (χ3n) is 7.42. The average molecular weight is 494 g/mol. The predicted octanol–water partition coefficient (Wildman–Crippen LogP) is 6.42. The lowest BCUT2D eigenvalue weighted by molar-refractivity contribution is -0.175. The van der Waals surface area contributed by atoms with Gasteiger partial charge in [-0.05, 0) is 52.5 Å². The van der Waals surface area contributed by atoms with Gasteiger partial charge < -0.3 is 19.1 Å². The number of rotatable bonds is 9. The van der Waals surface area contributed by atoms with Crippen LogP contribution in [0, 0.1) is 17.3 Å². The zero-order chi connectivity index (χ0) is 24.6. The topological polar surface area (TPSA) is 65.1 Å². The lowest BCUT2D eigenvalue weighted by Crippen LogP contribution is -2.37. The van der Waals surface area contributed by atoms with Crippen LogP contribution in [0.2, 0.25) is 0 Å². The van der Waals surface area contributed by atoms with Crippen LogP contribution in [0.1, 0.15) is 44.8 Å². The maximum atomic E-state index is 12.6. The third kappa shape index (κ3) is 5.01. The van der Waals surface area contributed by atoms with Gasteiger partial charge in [-0.3, -0.25) is 4.79 Å². The minimum atomic E-state index is -0.914. The number of benzene rings is 2. The Morgan fingerprint density at radius 2 is 1.91 bits per heavy atom. The summed E-state index contributed by atoms with van der Waals surface area (Å²) in [7, 11) is 1.68. The van der Waals surface area contributed by atoms with Crippen LogP contribution in [0.15, 0.2) is 59.3 Å². The SMILES string of the molecule is CC(OC(=O)C1CC2(C)CC12)OC(=O)N(C)CCC(Oc1cccc2ccccc12)c1ccsc1. The Kier molecular flexibility index (Phi) is 6.45. The molecule has 2 saturated carbocycles. The average Bonchev–Trinajstić information content (AvgIpc) is 3.20. The number of hydrogen-bond acceptors (Lipinski definition) is 6. The minimum Gasteiger partial charge on any atom is -0.485 e. The fraction of sp³-hybridized carbons (Fsp3) is 0.429. The number of amides is 1. The Morgan fingerprint density at radius 3 is 2.63 bits per heavy atom. The Bertz CT molecular complexity index is 1210. The number of carbonyl (C=O) groups excluding carboxylic acids is 2. The molecule has 0 saturated heterocycles. The van der Waals surface area contributed by atoms with Gasteiger partial charge >= 0.3 is 12.1 Å². The first-order valence-corrected chi connectivity index (χ1v) is 13.1. The summed E-state index contributed by atoms with van der Waals surface area (Å²) in [5, 5.41) is 6.26. The van der Waals surface area contributed by atoms with Crippen molar-refractivity contribution in [2.75, 3.05) is 13.6 Å². The Morgan fingerprint density at radius 1 is 1.11 bits per heavy atom. The molecular weight excluding hydrogens is 462 g/mol. The molecule has 184 valence electrons. The molecular formula is C28H31NO5S. The van der Waals surface area contributed by atoms with Crippen LogP contribution in [0.5, 0.6) is 5.75 Å². The Balaban J connectivity index is 1.16. The van der Waals surface area contributed by atoms with E-state index >= 15 is 0 Å². The van der Waals surface area contributed by atoms with Gasteiger partial charge in [-0.1, -0.05) is 43.3 Å². The highest BCUT2D eigenvalue weighted by Gasteiger charge is 2.66. The highest BCUT2D eigenvalue weighted by molar-refractivity contribution is 7.07. The second-order valence-corrected chi connectivity index (χ2v) is 10.8. The largest absolute Gasteiger partial charge is 0.485 e. The van der Waals surface area contributed by atoms with E-state index in [4.69, 9.17) is 14.2 Å². The van der Waals surface area contributed by atoms with E-state index in [1.807, 2.05) is 35.7 Å². The van der Waals surface area contributed by atoms with E-state index in [-0.39, 0.29) is 18.0 Å². The fourth-order valence-corrected chi connectivity index (χ4v) is 5.85. The van der Waals surface area contributed by atoms with Crippen molar-refractivity contribution in [1.29, 1.82) is 0 Å². The van der Waals surface area contributed by atoms with Crippen molar-refractivity contribution < 1.29 is 23.8 Å². The standard InChI is InChI=1S/C28H31NO5S/c1-18(32-26(30)22-15-28(2)16-23(22)28)33-27(31)29(3)13-11-24(20-12-14-35-17-20)34-25-10-6-8-19-7-4-5-9-21(19)25/h4-10,12,14,17-18,22-24H,11,13,15-16H2,1-3H3. The van der Waals surface area contributed by atoms with Gasteiger partial charge in [-0.25, -0.2) is 4.79 Å². The molecule has 0 bridgehead atoms. The van der Waals surface area contributed by atoms with E-state index < -0.39 is 12.4 Å². The maximum Gasteiger partial charge on any atom is 0.412 e. The van der Waals surface area contributed by atoms with Crippen LogP contribution in [0.4, 0.5) is 4.79 Å². The van der Waals surface area contributed by atoms with Crippen molar-refractivity contribution in [1.82, 2.24) is 4.90 Å². The van der Waals surface area contributed by atoms with Crippen molar-refractivity contribution in [2.45, 2.75) is 45.5 Å². The smallest absolute Gasteiger partial charge is 0.412 e. The summed E-state index contributed by atoms with van der Waals surface area (Å²) in [4.78, 5) is 26.5. The molecule has 2 fully saturated rings. The van der Waals surface area contributed by atoms with Gasteiger partial charge in [-0.15, -0.1) is 0 Å². The normalized spacial score (nSPS) is 24.0. The van der Waals surface area contributed by atoms with Gasteiger partial charge in [0, 0.05) is 37.9 Å². The summed E-state index contributed by atoms with van der Waals surface area (Å²) in [6.45, 7) is 4.22. The zero-order valence-corrected chi connectivity index (χ0v) is 21.1. The molecule has 6 nitrogen and oxygen atoms in total. The number of esters is 1. The molecule has 3 aromatic rings. The van der Waals surface area contributed by atoms with Crippen LogP contribution in [-0.2, 0) is 14.3 Å². The molecule has 1 amide bonds. The van der Waals surface area contributed by atoms with Crippen molar-refractivity contribution >= 4 is 34.2 Å². The molecule has 5 rings (SSSR count). The van der Waals surface area contributed by atoms with Crippen molar-refractivity contribution in [2.24, 2.45) is 17.3 Å². The van der Waals surface area contributed by atoms with Crippen LogP contribution >= 0.6 is 11.3 Å². The summed E-state index contributed by atoms with van der Waals surface area (Å²) in [5.41, 5.74) is 1.41. The number of hydrogen-bond donors (Lipinski definition) is 0. The summed E-state index contributed by atoms with van der Waals surface area (Å²) in [5.74, 6) is 0.953. The van der Waals surface area contributed by atoms with E-state index in [9.17, 15) is 9.59 Å². The molecule has 2 aliphatic rings. The lowest BCUT2D eigenvalue weighted by atomic mass is 9.76. The van der Waals surface area contributed by atoms with E-state index in [0.717, 1.165) is 34.9 Å². The van der Waals surface area contributed by atoms with Crippen LogP contribution in [0.3, 0.4) is 0 Å². The van der Waals surface area contributed by atoms with Crippen LogP contribution < -0.4 is 4.74 Å². The maximum absolute atomic E-state index is 12.6. The number of ether oxygens (including phenoxy) is 3. The summed E-state index contributed by atoms with van der Waals surface area (Å²) >= 11 is 1.61. The molecule has 0 N–H and O–H groups in total. The molecule has 1 heterocycles. The predicted molar refractivity (Wildman–Crippen MR) is 135 cm³/mol. The molecule has 5 unspecified atom stereocenters. The van der Waals surface area contributed by atoms with Gasteiger partial charge in [-0.2, -0.15) is 11.3 Å². The van der Waals surface area contributed by atoms with Crippen LogP contribution in [-0.4, -0.2) is 36.8 Å². The second kappa shape index (κ2) is 9.53. The van der Waals surface area contributed by atoms with Crippen molar-refractivity contribution in [3.8, 4) is 5.75 Å². The molecule has 0 spiro atoms. The molecule has 0 radical (unpaired) electrons. The van der Waals surface area contributed by atoms with Crippen molar-refractivity contribution in [3.05, 3.63) is 64.9 Å². The van der Waals surface area contributed by atoms with Gasteiger partial charge in [0.05, 0.1) is 5.92 Å². The number of fused-ring (bicyclic) bond motifs is 2. The first-order chi connectivity index (χ1) is 16.8. The van der Waals surface area contributed by atoms with E-state index in [1.54, 1.807) is 25.3 Å². The molecule has 7 heteroatoms. The molecule has 35 heavy (non-hydrogen) atoms. The summed E-state index contributed by atoms with van der Waals surface area (Å²) < 4.78 is 17.2. The Labute approximate surface area is 209 Å². The zero-order valence-electron chi connectivity index (χ0n) is 20.3. The number of thiophene rings is 1. The fourth-order valence-electron chi connectivity index (χ4n) is 5.15. The van der Waals surface area contributed by atoms with Gasteiger partial charge in [0.1, 0.15) is 11.9 Å². The highest BCUT2D eigenvalue weighted by Crippen LogP contribution is 2.70. The monoisotopic (exact) mass is 493 g/mol. The third-order valence-corrected chi connectivity index (χ3v) is 8.12.